The van der Waals surface area contributed by atoms with E-state index in [1.807, 2.05) is 30.3 Å². The summed E-state index contributed by atoms with van der Waals surface area (Å²) in [6.45, 7) is 0. The highest BCUT2D eigenvalue weighted by Gasteiger charge is 2.30. The molecule has 4 nitrogen and oxygen atoms in total. The van der Waals surface area contributed by atoms with Crippen LogP contribution in [0.2, 0.25) is 0 Å². The van der Waals surface area contributed by atoms with E-state index in [9.17, 15) is 13.2 Å². The van der Waals surface area contributed by atoms with Crippen molar-refractivity contribution in [1.82, 2.24) is 0 Å². The Morgan fingerprint density at radius 2 is 1.65 bits per heavy atom. The molecule has 0 unspecified atom stereocenters. The molecule has 0 aromatic heterocycles. The lowest BCUT2D eigenvalue weighted by atomic mass is 10.1. The molecule has 0 aliphatic heterocycles. The standard InChI is InChI=1S/C18H19NO3S/c20-18(15-6-7-15)16-8-10-17(11-9-16)19-23(21,22)13-12-14-4-2-1-3-5-14/h1-5,8-11,15,19H,6-7,12-13H2. The molecule has 1 saturated carbocycles. The van der Waals surface area contributed by atoms with E-state index in [1.54, 1.807) is 24.3 Å². The molecule has 5 heteroatoms. The summed E-state index contributed by atoms with van der Waals surface area (Å²) in [6.07, 6.45) is 2.40. The van der Waals surface area contributed by atoms with E-state index >= 15 is 0 Å². The van der Waals surface area contributed by atoms with Crippen molar-refractivity contribution in [3.8, 4) is 0 Å². The van der Waals surface area contributed by atoms with Crippen molar-refractivity contribution in [2.24, 2.45) is 5.92 Å². The van der Waals surface area contributed by atoms with Crippen LogP contribution in [0.3, 0.4) is 0 Å². The Morgan fingerprint density at radius 1 is 1.00 bits per heavy atom. The monoisotopic (exact) mass is 329 g/mol. The molecule has 3 rings (SSSR count). The van der Waals surface area contributed by atoms with E-state index in [2.05, 4.69) is 4.72 Å². The predicted octanol–water partition coefficient (Wildman–Crippen LogP) is 3.26. The normalized spacial score (nSPS) is 14.4. The van der Waals surface area contributed by atoms with Crippen molar-refractivity contribution in [3.63, 3.8) is 0 Å². The number of sulfonamides is 1. The van der Waals surface area contributed by atoms with Crippen LogP contribution >= 0.6 is 0 Å². The smallest absolute Gasteiger partial charge is 0.233 e. The average molecular weight is 329 g/mol. The van der Waals surface area contributed by atoms with Crippen LogP contribution in [0, 0.1) is 5.92 Å². The van der Waals surface area contributed by atoms with Crippen LogP contribution in [-0.2, 0) is 16.4 Å². The summed E-state index contributed by atoms with van der Waals surface area (Å²) in [6, 6.07) is 16.2. The van der Waals surface area contributed by atoms with Crippen molar-refractivity contribution in [2.75, 3.05) is 10.5 Å². The zero-order valence-electron chi connectivity index (χ0n) is 12.7. The van der Waals surface area contributed by atoms with Crippen LogP contribution in [0.5, 0.6) is 0 Å². The maximum absolute atomic E-state index is 12.1. The number of carbonyl (C=O) groups excluding carboxylic acids is 1. The third-order valence-electron chi connectivity index (χ3n) is 3.89. The molecule has 0 spiro atoms. The zero-order valence-corrected chi connectivity index (χ0v) is 13.6. The third kappa shape index (κ3) is 4.42. The summed E-state index contributed by atoms with van der Waals surface area (Å²) in [5.74, 6) is 0.353. The molecule has 0 heterocycles. The second kappa shape index (κ2) is 6.54. The molecule has 2 aromatic rings. The number of carbonyl (C=O) groups is 1. The minimum atomic E-state index is -3.40. The zero-order chi connectivity index (χ0) is 16.3. The summed E-state index contributed by atoms with van der Waals surface area (Å²) in [5.41, 5.74) is 2.13. The summed E-state index contributed by atoms with van der Waals surface area (Å²) in [4.78, 5) is 11.9. The van der Waals surface area contributed by atoms with Crippen molar-refractivity contribution in [1.29, 1.82) is 0 Å². The molecular formula is C18H19NO3S. The number of nitrogens with one attached hydrogen (secondary N) is 1. The number of ketones is 1. The molecule has 0 radical (unpaired) electrons. The van der Waals surface area contributed by atoms with Gasteiger partial charge in [-0.2, -0.15) is 0 Å². The fourth-order valence-electron chi connectivity index (χ4n) is 2.41. The largest absolute Gasteiger partial charge is 0.294 e. The topological polar surface area (TPSA) is 63.2 Å². The highest BCUT2D eigenvalue weighted by Crippen LogP contribution is 2.32. The van der Waals surface area contributed by atoms with E-state index in [-0.39, 0.29) is 17.5 Å². The SMILES string of the molecule is O=C(c1ccc(NS(=O)(=O)CCc2ccccc2)cc1)C1CC1. The Kier molecular flexibility index (Phi) is 4.48. The Hall–Kier alpha value is -2.14. The van der Waals surface area contributed by atoms with Crippen LogP contribution in [0.15, 0.2) is 54.6 Å². The van der Waals surface area contributed by atoms with Crippen LogP contribution in [0.25, 0.3) is 0 Å². The molecule has 0 bridgehead atoms. The summed E-state index contributed by atoms with van der Waals surface area (Å²) < 4.78 is 26.8. The number of aryl methyl sites for hydroxylation is 1. The Morgan fingerprint density at radius 3 is 2.26 bits per heavy atom. The molecule has 2 aromatic carbocycles. The molecule has 0 atom stereocenters. The Bertz CT molecular complexity index is 779. The van der Waals surface area contributed by atoms with Crippen LogP contribution in [0.4, 0.5) is 5.69 Å². The minimum absolute atomic E-state index is 0.0275. The van der Waals surface area contributed by atoms with Gasteiger partial charge >= 0.3 is 0 Å². The van der Waals surface area contributed by atoms with Gasteiger partial charge in [-0.25, -0.2) is 8.42 Å². The first-order chi connectivity index (χ1) is 11.0. The fraction of sp³-hybridized carbons (Fsp3) is 0.278. The first kappa shape index (κ1) is 15.7. The maximum Gasteiger partial charge on any atom is 0.233 e. The van der Waals surface area contributed by atoms with Crippen molar-refractivity contribution >= 4 is 21.5 Å². The average Bonchev–Trinajstić information content (AvgIpc) is 3.39. The lowest BCUT2D eigenvalue weighted by Crippen LogP contribution is -2.18. The summed E-state index contributed by atoms with van der Waals surface area (Å²) >= 11 is 0. The molecule has 1 aliphatic carbocycles. The van der Waals surface area contributed by atoms with Gasteiger partial charge in [0.25, 0.3) is 0 Å². The molecule has 1 aliphatic rings. The lowest BCUT2D eigenvalue weighted by molar-refractivity contribution is 0.0967. The van der Waals surface area contributed by atoms with Gasteiger partial charge in [0, 0.05) is 17.2 Å². The molecule has 0 amide bonds. The van der Waals surface area contributed by atoms with Gasteiger partial charge in [-0.1, -0.05) is 30.3 Å². The summed E-state index contributed by atoms with van der Waals surface area (Å²) in [5, 5.41) is 0. The van der Waals surface area contributed by atoms with Crippen molar-refractivity contribution < 1.29 is 13.2 Å². The molecule has 0 saturated heterocycles. The van der Waals surface area contributed by atoms with Gasteiger partial charge in [0.05, 0.1) is 5.75 Å². The Balaban J connectivity index is 1.60. The number of anilines is 1. The molecule has 23 heavy (non-hydrogen) atoms. The lowest BCUT2D eigenvalue weighted by Gasteiger charge is -2.09. The van der Waals surface area contributed by atoms with E-state index in [0.29, 0.717) is 17.7 Å². The molecule has 120 valence electrons. The first-order valence-electron chi connectivity index (χ1n) is 7.72. The number of hydrogen-bond donors (Lipinski definition) is 1. The van der Waals surface area contributed by atoms with Gasteiger partial charge in [0.15, 0.2) is 5.78 Å². The van der Waals surface area contributed by atoms with Crippen LogP contribution in [0.1, 0.15) is 28.8 Å². The van der Waals surface area contributed by atoms with Gasteiger partial charge in [0.1, 0.15) is 0 Å². The predicted molar refractivity (Wildman–Crippen MR) is 91.1 cm³/mol. The molecule has 1 N–H and O–H groups in total. The summed E-state index contributed by atoms with van der Waals surface area (Å²) in [7, 11) is -3.40. The number of Topliss-reactive ketones (excluding diaryl/α,β-unsaturated/α-hetero) is 1. The van der Waals surface area contributed by atoms with Crippen molar-refractivity contribution in [3.05, 3.63) is 65.7 Å². The highest BCUT2D eigenvalue weighted by atomic mass is 32.2. The van der Waals surface area contributed by atoms with E-state index in [0.717, 1.165) is 18.4 Å². The van der Waals surface area contributed by atoms with E-state index in [1.165, 1.54) is 0 Å². The Labute approximate surface area is 136 Å². The van der Waals surface area contributed by atoms with Gasteiger partial charge in [-0.3, -0.25) is 9.52 Å². The number of hydrogen-bond acceptors (Lipinski definition) is 3. The van der Waals surface area contributed by atoms with Gasteiger partial charge in [-0.05, 0) is 49.1 Å². The quantitative estimate of drug-likeness (QED) is 0.793. The first-order valence-corrected chi connectivity index (χ1v) is 9.37. The fourth-order valence-corrected chi connectivity index (χ4v) is 3.51. The third-order valence-corrected chi connectivity index (χ3v) is 5.18. The number of benzene rings is 2. The van der Waals surface area contributed by atoms with Gasteiger partial charge in [-0.15, -0.1) is 0 Å². The second-order valence-electron chi connectivity index (χ2n) is 5.87. The van der Waals surface area contributed by atoms with Crippen molar-refractivity contribution in [2.45, 2.75) is 19.3 Å². The number of rotatable bonds is 7. The minimum Gasteiger partial charge on any atom is -0.294 e. The second-order valence-corrected chi connectivity index (χ2v) is 7.71. The van der Waals surface area contributed by atoms with Gasteiger partial charge in [0.2, 0.25) is 10.0 Å². The van der Waals surface area contributed by atoms with Crippen LogP contribution in [-0.4, -0.2) is 20.0 Å². The maximum atomic E-state index is 12.1. The van der Waals surface area contributed by atoms with Gasteiger partial charge < -0.3 is 0 Å². The van der Waals surface area contributed by atoms with E-state index in [4.69, 9.17) is 0 Å². The highest BCUT2D eigenvalue weighted by molar-refractivity contribution is 7.92. The van der Waals surface area contributed by atoms with Crippen LogP contribution < -0.4 is 4.72 Å². The van der Waals surface area contributed by atoms with E-state index < -0.39 is 10.0 Å². The molecular weight excluding hydrogens is 310 g/mol. The molecule has 1 fully saturated rings.